The van der Waals surface area contributed by atoms with Crippen molar-refractivity contribution in [3.8, 4) is 0 Å². The number of rotatable bonds is 1. The van der Waals surface area contributed by atoms with E-state index in [0.717, 1.165) is 16.3 Å². The molecule has 0 amide bonds. The minimum absolute atomic E-state index is 0.275. The summed E-state index contributed by atoms with van der Waals surface area (Å²) in [4.78, 5) is 3.87. The Morgan fingerprint density at radius 2 is 2.15 bits per heavy atom. The predicted molar refractivity (Wildman–Crippen MR) is 51.2 cm³/mol. The van der Waals surface area contributed by atoms with Gasteiger partial charge in [0.1, 0.15) is 0 Å². The highest BCUT2D eigenvalue weighted by Gasteiger charge is 2.00. The summed E-state index contributed by atoms with van der Waals surface area (Å²) in [6.45, 7) is 2.00. The van der Waals surface area contributed by atoms with Crippen molar-refractivity contribution in [2.45, 2.75) is 6.92 Å². The van der Waals surface area contributed by atoms with Gasteiger partial charge in [-0.25, -0.2) is 10.5 Å². The van der Waals surface area contributed by atoms with Crippen LogP contribution in [0.3, 0.4) is 0 Å². The molecular formula is C10H9FN2. The lowest BCUT2D eigenvalue weighted by Crippen LogP contribution is -1.88. The molecule has 1 aromatic heterocycles. The lowest BCUT2D eigenvalue weighted by Gasteiger charge is -2.02. The first-order valence-corrected chi connectivity index (χ1v) is 4.03. The molecule has 66 valence electrons. The summed E-state index contributed by atoms with van der Waals surface area (Å²) in [5.41, 5.74) is 2.73. The highest BCUT2D eigenvalue weighted by Crippen LogP contribution is 2.21. The summed E-state index contributed by atoms with van der Waals surface area (Å²) < 4.78 is 12.2. The molecule has 2 aromatic rings. The highest BCUT2D eigenvalue weighted by atomic mass is 19.2. The maximum absolute atomic E-state index is 12.2. The Bertz CT molecular complexity index is 440. The average Bonchev–Trinajstić information content (AvgIpc) is 2.16. The van der Waals surface area contributed by atoms with Crippen LogP contribution in [0.4, 0.5) is 10.3 Å². The van der Waals surface area contributed by atoms with Crippen molar-refractivity contribution in [2.24, 2.45) is 0 Å². The van der Waals surface area contributed by atoms with Crippen molar-refractivity contribution in [3.05, 3.63) is 36.0 Å². The third kappa shape index (κ3) is 1.33. The number of halogens is 1. The van der Waals surface area contributed by atoms with Crippen LogP contribution >= 0.6 is 0 Å². The van der Waals surface area contributed by atoms with Crippen molar-refractivity contribution in [1.29, 1.82) is 0 Å². The Kier molecular flexibility index (Phi) is 1.85. The van der Waals surface area contributed by atoms with E-state index in [1.807, 2.05) is 31.2 Å². The van der Waals surface area contributed by atoms with Crippen molar-refractivity contribution < 1.29 is 4.48 Å². The van der Waals surface area contributed by atoms with E-state index in [1.54, 1.807) is 11.7 Å². The van der Waals surface area contributed by atoms with Gasteiger partial charge in [-0.15, -0.1) is 4.48 Å². The number of nitrogens with one attached hydrogen (secondary N) is 1. The molecule has 0 aliphatic rings. The van der Waals surface area contributed by atoms with Gasteiger partial charge in [-0.2, -0.15) is 0 Å². The SMILES string of the molecule is Cc1ccc2c(NF)nccc2c1. The molecule has 2 nitrogen and oxygen atoms in total. The van der Waals surface area contributed by atoms with E-state index >= 15 is 0 Å². The second kappa shape index (κ2) is 3.01. The Labute approximate surface area is 75.3 Å². The maximum Gasteiger partial charge on any atom is 0.162 e. The van der Waals surface area contributed by atoms with Crippen molar-refractivity contribution in [2.75, 3.05) is 5.54 Å². The van der Waals surface area contributed by atoms with E-state index in [1.165, 1.54) is 0 Å². The van der Waals surface area contributed by atoms with E-state index in [0.29, 0.717) is 0 Å². The number of benzene rings is 1. The van der Waals surface area contributed by atoms with Crippen LogP contribution in [0.15, 0.2) is 30.5 Å². The number of hydrogen-bond donors (Lipinski definition) is 1. The van der Waals surface area contributed by atoms with E-state index in [9.17, 15) is 4.48 Å². The third-order valence-corrected chi connectivity index (χ3v) is 2.01. The first kappa shape index (κ1) is 7.98. The lowest BCUT2D eigenvalue weighted by atomic mass is 10.1. The smallest absolute Gasteiger partial charge is 0.162 e. The number of aryl methyl sites for hydroxylation is 1. The summed E-state index contributed by atoms with van der Waals surface area (Å²) in [5, 5.41) is 1.80. The summed E-state index contributed by atoms with van der Waals surface area (Å²) in [7, 11) is 0. The zero-order valence-electron chi connectivity index (χ0n) is 7.21. The molecule has 0 saturated carbocycles. The molecule has 0 unspecified atom stereocenters. The molecule has 3 heteroatoms. The first-order valence-electron chi connectivity index (χ1n) is 4.03. The quantitative estimate of drug-likeness (QED) is 0.676. The summed E-state index contributed by atoms with van der Waals surface area (Å²) >= 11 is 0. The number of hydrogen-bond acceptors (Lipinski definition) is 2. The zero-order chi connectivity index (χ0) is 9.26. The number of pyridine rings is 1. The number of fused-ring (bicyclic) bond motifs is 1. The standard InChI is InChI=1S/C10H9FN2/c1-7-2-3-9-8(6-7)4-5-12-10(9)13-11/h2-6H,1H3,(H,12,13). The Morgan fingerprint density at radius 3 is 2.92 bits per heavy atom. The molecule has 0 bridgehead atoms. The van der Waals surface area contributed by atoms with Crippen LogP contribution in [0.1, 0.15) is 5.56 Å². The fourth-order valence-corrected chi connectivity index (χ4v) is 1.37. The normalized spacial score (nSPS) is 10.3. The topological polar surface area (TPSA) is 24.9 Å². The van der Waals surface area contributed by atoms with Gasteiger partial charge in [0.2, 0.25) is 0 Å². The number of anilines is 1. The second-order valence-corrected chi connectivity index (χ2v) is 2.98. The van der Waals surface area contributed by atoms with Gasteiger partial charge in [0.05, 0.1) is 0 Å². The van der Waals surface area contributed by atoms with Crippen LogP contribution in [-0.2, 0) is 0 Å². The molecule has 2 rings (SSSR count). The van der Waals surface area contributed by atoms with Crippen LogP contribution in [-0.4, -0.2) is 4.98 Å². The first-order chi connectivity index (χ1) is 6.31. The average molecular weight is 176 g/mol. The lowest BCUT2D eigenvalue weighted by molar-refractivity contribution is 0.613. The molecule has 1 aromatic carbocycles. The van der Waals surface area contributed by atoms with Crippen molar-refractivity contribution in [1.82, 2.24) is 4.98 Å². The number of nitrogens with zero attached hydrogens (tertiary/aromatic N) is 1. The molecule has 0 radical (unpaired) electrons. The second-order valence-electron chi connectivity index (χ2n) is 2.98. The predicted octanol–water partition coefficient (Wildman–Crippen LogP) is 2.84. The summed E-state index contributed by atoms with van der Waals surface area (Å²) in [5.74, 6) is 0.275. The zero-order valence-corrected chi connectivity index (χ0v) is 7.21. The number of aromatic nitrogens is 1. The Morgan fingerprint density at radius 1 is 1.31 bits per heavy atom. The van der Waals surface area contributed by atoms with Gasteiger partial charge in [0, 0.05) is 11.6 Å². The van der Waals surface area contributed by atoms with E-state index in [4.69, 9.17) is 0 Å². The van der Waals surface area contributed by atoms with Crippen LogP contribution < -0.4 is 5.54 Å². The molecule has 0 aliphatic heterocycles. The van der Waals surface area contributed by atoms with E-state index in [2.05, 4.69) is 4.98 Å². The molecule has 0 spiro atoms. The Balaban J connectivity index is 2.77. The van der Waals surface area contributed by atoms with Crippen molar-refractivity contribution >= 4 is 16.6 Å². The molecule has 1 heterocycles. The fraction of sp³-hybridized carbons (Fsp3) is 0.100. The van der Waals surface area contributed by atoms with Crippen LogP contribution in [0.5, 0.6) is 0 Å². The van der Waals surface area contributed by atoms with Crippen molar-refractivity contribution in [3.63, 3.8) is 0 Å². The van der Waals surface area contributed by atoms with Gasteiger partial charge >= 0.3 is 0 Å². The third-order valence-electron chi connectivity index (χ3n) is 2.01. The molecular weight excluding hydrogens is 167 g/mol. The summed E-state index contributed by atoms with van der Waals surface area (Å²) in [6.07, 6.45) is 1.59. The van der Waals surface area contributed by atoms with E-state index in [-0.39, 0.29) is 5.82 Å². The molecule has 0 atom stereocenters. The fourth-order valence-electron chi connectivity index (χ4n) is 1.37. The van der Waals surface area contributed by atoms with Gasteiger partial charge in [-0.05, 0) is 18.4 Å². The molecule has 0 fully saturated rings. The minimum atomic E-state index is 0.275. The molecule has 1 N–H and O–H groups in total. The van der Waals surface area contributed by atoms with Crippen LogP contribution in [0.25, 0.3) is 10.8 Å². The van der Waals surface area contributed by atoms with Gasteiger partial charge in [-0.1, -0.05) is 23.8 Å². The molecule has 0 aliphatic carbocycles. The van der Waals surface area contributed by atoms with Gasteiger partial charge in [0.15, 0.2) is 5.82 Å². The Hall–Kier alpha value is -1.64. The minimum Gasteiger partial charge on any atom is -0.237 e. The maximum atomic E-state index is 12.2. The van der Waals surface area contributed by atoms with Crippen LogP contribution in [0, 0.1) is 6.92 Å². The summed E-state index contributed by atoms with van der Waals surface area (Å²) in [6, 6.07) is 7.66. The largest absolute Gasteiger partial charge is 0.237 e. The van der Waals surface area contributed by atoms with Gasteiger partial charge in [0.25, 0.3) is 0 Å². The van der Waals surface area contributed by atoms with Gasteiger partial charge < -0.3 is 0 Å². The van der Waals surface area contributed by atoms with E-state index < -0.39 is 0 Å². The van der Waals surface area contributed by atoms with Crippen LogP contribution in [0.2, 0.25) is 0 Å². The molecule has 0 saturated heterocycles. The monoisotopic (exact) mass is 176 g/mol. The van der Waals surface area contributed by atoms with Gasteiger partial charge in [-0.3, -0.25) is 0 Å². The molecule has 13 heavy (non-hydrogen) atoms. The highest BCUT2D eigenvalue weighted by molar-refractivity contribution is 5.91.